The van der Waals surface area contributed by atoms with Gasteiger partial charge in [0.1, 0.15) is 11.6 Å². The van der Waals surface area contributed by atoms with Crippen molar-refractivity contribution < 1.29 is 9.18 Å². The molecular formula is C29H28FN3O. The van der Waals surface area contributed by atoms with Crippen molar-refractivity contribution in [1.29, 1.82) is 0 Å². The number of pyridine rings is 1. The van der Waals surface area contributed by atoms with Crippen LogP contribution in [0.25, 0.3) is 0 Å². The number of aromatic nitrogens is 1. The summed E-state index contributed by atoms with van der Waals surface area (Å²) in [5.74, 6) is 0.271. The minimum absolute atomic E-state index is 0.0472. The third-order valence-corrected chi connectivity index (χ3v) is 5.81. The summed E-state index contributed by atoms with van der Waals surface area (Å²) in [6, 6.07) is 20.1. The van der Waals surface area contributed by atoms with Crippen LogP contribution in [0.1, 0.15) is 37.4 Å². The second kappa shape index (κ2) is 10.8. The third kappa shape index (κ3) is 5.67. The van der Waals surface area contributed by atoms with Gasteiger partial charge in [0.2, 0.25) is 0 Å². The van der Waals surface area contributed by atoms with Crippen LogP contribution in [0.2, 0.25) is 0 Å². The van der Waals surface area contributed by atoms with Gasteiger partial charge < -0.3 is 10.2 Å². The molecule has 0 aliphatic heterocycles. The van der Waals surface area contributed by atoms with E-state index in [1.165, 1.54) is 12.1 Å². The number of nitrogens with zero attached hydrogens (tertiary/aromatic N) is 2. The summed E-state index contributed by atoms with van der Waals surface area (Å²) in [4.78, 5) is 20.0. The maximum Gasteiger partial charge on any atom is 0.258 e. The van der Waals surface area contributed by atoms with Crippen molar-refractivity contribution in [2.45, 2.75) is 32.9 Å². The maximum absolute atomic E-state index is 13.8. The Kier molecular flexibility index (Phi) is 7.33. The number of halogens is 1. The molecule has 0 saturated heterocycles. The molecule has 0 fully saturated rings. The van der Waals surface area contributed by atoms with E-state index in [0.717, 1.165) is 22.4 Å². The van der Waals surface area contributed by atoms with Crippen molar-refractivity contribution in [1.82, 2.24) is 4.98 Å². The molecular weight excluding hydrogens is 425 g/mol. The van der Waals surface area contributed by atoms with Crippen molar-refractivity contribution >= 4 is 17.4 Å². The molecule has 1 aromatic heterocycles. The Labute approximate surface area is 200 Å². The average molecular weight is 454 g/mol. The fourth-order valence-corrected chi connectivity index (χ4v) is 3.89. The molecule has 5 heteroatoms. The van der Waals surface area contributed by atoms with Gasteiger partial charge in [0, 0.05) is 29.6 Å². The first-order valence-corrected chi connectivity index (χ1v) is 11.4. The summed E-state index contributed by atoms with van der Waals surface area (Å²) < 4.78 is 13.5. The zero-order valence-electron chi connectivity index (χ0n) is 19.4. The number of carbonyl (C=O) groups is 1. The molecule has 4 rings (SSSR count). The lowest BCUT2D eigenvalue weighted by molar-refractivity contribution is -0.115. The summed E-state index contributed by atoms with van der Waals surface area (Å²) in [7, 11) is 0. The number of rotatable bonds is 7. The van der Waals surface area contributed by atoms with Gasteiger partial charge in [-0.3, -0.25) is 4.79 Å². The second-order valence-electron chi connectivity index (χ2n) is 8.33. The molecule has 4 nitrogen and oxygen atoms in total. The highest BCUT2D eigenvalue weighted by atomic mass is 19.1. The van der Waals surface area contributed by atoms with Gasteiger partial charge in [-0.2, -0.15) is 0 Å². The fourth-order valence-electron chi connectivity index (χ4n) is 3.89. The number of allylic oxidation sites excluding steroid dienone is 4. The topological polar surface area (TPSA) is 45.2 Å². The molecule has 1 aliphatic rings. The number of carbonyl (C=O) groups excluding carboxylic acids is 1. The van der Waals surface area contributed by atoms with Crippen LogP contribution in [0.15, 0.2) is 108 Å². The minimum Gasteiger partial charge on any atom is -0.363 e. The molecule has 0 saturated carbocycles. The van der Waals surface area contributed by atoms with Crippen LogP contribution in [0, 0.1) is 5.82 Å². The first-order valence-electron chi connectivity index (χ1n) is 11.4. The van der Waals surface area contributed by atoms with Gasteiger partial charge >= 0.3 is 0 Å². The Morgan fingerprint density at radius 2 is 1.88 bits per heavy atom. The Morgan fingerprint density at radius 1 is 1.12 bits per heavy atom. The summed E-state index contributed by atoms with van der Waals surface area (Å²) in [6.45, 7) is 4.33. The molecule has 0 spiro atoms. The average Bonchev–Trinajstić information content (AvgIpc) is 3.08. The highest BCUT2D eigenvalue weighted by molar-refractivity contribution is 6.08. The standard InChI is InChI=1S/C29H28FN3O/c1-21-9-5-3-8-12-27(21)29(34)33(20-23-13-15-25(30)16-14-23)26-17-18-31-28(19-26)32-22(2)24-10-6-4-7-11-24/h3-7,9-19,22H,8,20H2,1-2H3,(H,31,32). The van der Waals surface area contributed by atoms with Crippen LogP contribution in [0.4, 0.5) is 15.9 Å². The van der Waals surface area contributed by atoms with E-state index >= 15 is 0 Å². The first-order chi connectivity index (χ1) is 16.5. The lowest BCUT2D eigenvalue weighted by Crippen LogP contribution is -2.32. The summed E-state index contributed by atoms with van der Waals surface area (Å²) in [5.41, 5.74) is 4.28. The van der Waals surface area contributed by atoms with Crippen LogP contribution in [0.5, 0.6) is 0 Å². The van der Waals surface area contributed by atoms with E-state index in [1.54, 1.807) is 23.2 Å². The molecule has 1 heterocycles. The predicted octanol–water partition coefficient (Wildman–Crippen LogP) is 6.76. The van der Waals surface area contributed by atoms with E-state index in [1.807, 2.05) is 61.6 Å². The molecule has 1 amide bonds. The summed E-state index contributed by atoms with van der Waals surface area (Å²) in [6.07, 6.45) is 10.3. The van der Waals surface area contributed by atoms with Crippen LogP contribution in [-0.4, -0.2) is 10.9 Å². The van der Waals surface area contributed by atoms with Crippen LogP contribution in [-0.2, 0) is 11.3 Å². The van der Waals surface area contributed by atoms with E-state index < -0.39 is 0 Å². The predicted molar refractivity (Wildman–Crippen MR) is 136 cm³/mol. The zero-order valence-corrected chi connectivity index (χ0v) is 19.4. The SMILES string of the molecule is CC1=CC=CCC=C1C(=O)N(Cc1ccc(F)cc1)c1ccnc(NC(C)c2ccccc2)c1. The van der Waals surface area contributed by atoms with Gasteiger partial charge in [0.15, 0.2) is 0 Å². The highest BCUT2D eigenvalue weighted by Gasteiger charge is 2.22. The van der Waals surface area contributed by atoms with E-state index in [-0.39, 0.29) is 17.8 Å². The quantitative estimate of drug-likeness (QED) is 0.430. The van der Waals surface area contributed by atoms with Gasteiger partial charge in [-0.25, -0.2) is 9.37 Å². The molecule has 1 atom stereocenters. The van der Waals surface area contributed by atoms with Crippen molar-refractivity contribution in [2.75, 3.05) is 10.2 Å². The lowest BCUT2D eigenvalue weighted by Gasteiger charge is -2.25. The fraction of sp³-hybridized carbons (Fsp3) is 0.172. The van der Waals surface area contributed by atoms with Gasteiger partial charge in [-0.15, -0.1) is 0 Å². The van der Waals surface area contributed by atoms with Crippen molar-refractivity contribution in [3.8, 4) is 0 Å². The minimum atomic E-state index is -0.303. The van der Waals surface area contributed by atoms with E-state index in [4.69, 9.17) is 0 Å². The van der Waals surface area contributed by atoms with E-state index in [9.17, 15) is 9.18 Å². The highest BCUT2D eigenvalue weighted by Crippen LogP contribution is 2.27. The lowest BCUT2D eigenvalue weighted by atomic mass is 10.0. The Morgan fingerprint density at radius 3 is 2.65 bits per heavy atom. The number of benzene rings is 2. The normalized spacial score (nSPS) is 14.0. The smallest absolute Gasteiger partial charge is 0.258 e. The second-order valence-corrected chi connectivity index (χ2v) is 8.33. The number of anilines is 2. The first kappa shape index (κ1) is 23.2. The van der Waals surface area contributed by atoms with E-state index in [2.05, 4.69) is 29.4 Å². The van der Waals surface area contributed by atoms with Gasteiger partial charge in [0.25, 0.3) is 5.91 Å². The number of hydrogen-bond donors (Lipinski definition) is 1. The molecule has 2 aromatic carbocycles. The molecule has 1 N–H and O–H groups in total. The zero-order chi connectivity index (χ0) is 23.9. The van der Waals surface area contributed by atoms with Gasteiger partial charge in [-0.05, 0) is 55.2 Å². The Hall–Kier alpha value is -3.99. The van der Waals surface area contributed by atoms with Crippen molar-refractivity contribution in [2.24, 2.45) is 0 Å². The maximum atomic E-state index is 13.8. The molecule has 1 aliphatic carbocycles. The third-order valence-electron chi connectivity index (χ3n) is 5.81. The Balaban J connectivity index is 1.65. The molecule has 1 unspecified atom stereocenters. The van der Waals surface area contributed by atoms with Gasteiger partial charge in [0.05, 0.1) is 6.54 Å². The Bertz CT molecular complexity index is 1230. The largest absolute Gasteiger partial charge is 0.363 e. The number of amides is 1. The number of nitrogens with one attached hydrogen (secondary N) is 1. The molecule has 34 heavy (non-hydrogen) atoms. The van der Waals surface area contributed by atoms with Gasteiger partial charge in [-0.1, -0.05) is 66.8 Å². The molecule has 172 valence electrons. The molecule has 0 radical (unpaired) electrons. The van der Waals surface area contributed by atoms with Crippen molar-refractivity contribution in [3.05, 3.63) is 125 Å². The summed E-state index contributed by atoms with van der Waals surface area (Å²) in [5, 5.41) is 3.43. The van der Waals surface area contributed by atoms with Crippen LogP contribution in [0.3, 0.4) is 0 Å². The number of hydrogen-bond acceptors (Lipinski definition) is 3. The molecule has 3 aromatic rings. The van der Waals surface area contributed by atoms with Crippen LogP contribution >= 0.6 is 0 Å². The summed E-state index contributed by atoms with van der Waals surface area (Å²) >= 11 is 0. The van der Waals surface area contributed by atoms with Crippen molar-refractivity contribution in [3.63, 3.8) is 0 Å². The monoisotopic (exact) mass is 453 g/mol. The molecule has 0 bridgehead atoms. The van der Waals surface area contributed by atoms with Crippen LogP contribution < -0.4 is 10.2 Å². The van der Waals surface area contributed by atoms with E-state index in [0.29, 0.717) is 24.4 Å².